The molecule has 1 aromatic heterocycles. The second kappa shape index (κ2) is 9.50. The SMILES string of the molecule is CCc1cccc2c(SCC(=O)Nc3cccc(Cl)c3C)nc(-c3ccccc3)nc12. The molecule has 0 atom stereocenters. The van der Waals surface area contributed by atoms with Crippen molar-refractivity contribution in [1.82, 2.24) is 9.97 Å². The molecule has 0 spiro atoms. The summed E-state index contributed by atoms with van der Waals surface area (Å²) in [5.41, 5.74) is 4.64. The number of aryl methyl sites for hydroxylation is 1. The Labute approximate surface area is 191 Å². The summed E-state index contributed by atoms with van der Waals surface area (Å²) in [4.78, 5) is 22.3. The molecule has 0 bridgehead atoms. The van der Waals surface area contributed by atoms with E-state index < -0.39 is 0 Å². The number of amides is 1. The van der Waals surface area contributed by atoms with Crippen LogP contribution in [0.2, 0.25) is 5.02 Å². The van der Waals surface area contributed by atoms with Crippen molar-refractivity contribution in [2.45, 2.75) is 25.3 Å². The van der Waals surface area contributed by atoms with Gasteiger partial charge in [0.05, 0.1) is 11.3 Å². The Hall–Kier alpha value is -2.89. The Bertz CT molecular complexity index is 1240. The van der Waals surface area contributed by atoms with Gasteiger partial charge in [0, 0.05) is 21.7 Å². The lowest BCUT2D eigenvalue weighted by atomic mass is 10.1. The van der Waals surface area contributed by atoms with Crippen LogP contribution in [0.25, 0.3) is 22.3 Å². The minimum Gasteiger partial charge on any atom is -0.325 e. The Morgan fingerprint density at radius 2 is 1.77 bits per heavy atom. The molecule has 1 amide bonds. The minimum absolute atomic E-state index is 0.102. The molecule has 0 unspecified atom stereocenters. The van der Waals surface area contributed by atoms with Crippen molar-refractivity contribution >= 4 is 45.9 Å². The van der Waals surface area contributed by atoms with Gasteiger partial charge in [-0.05, 0) is 36.6 Å². The summed E-state index contributed by atoms with van der Waals surface area (Å²) in [6.45, 7) is 4.01. The fourth-order valence-corrected chi connectivity index (χ4v) is 4.34. The third-order valence-corrected chi connectivity index (χ3v) is 6.47. The number of carbonyl (C=O) groups excluding carboxylic acids is 1. The zero-order valence-corrected chi connectivity index (χ0v) is 18.9. The number of fused-ring (bicyclic) bond motifs is 1. The molecule has 31 heavy (non-hydrogen) atoms. The first-order chi connectivity index (χ1) is 15.1. The summed E-state index contributed by atoms with van der Waals surface area (Å²) < 4.78 is 0. The lowest BCUT2D eigenvalue weighted by Gasteiger charge is -2.12. The number of nitrogens with one attached hydrogen (secondary N) is 1. The van der Waals surface area contributed by atoms with E-state index in [0.29, 0.717) is 10.8 Å². The van der Waals surface area contributed by atoms with Crippen molar-refractivity contribution in [3.63, 3.8) is 0 Å². The van der Waals surface area contributed by atoms with E-state index in [4.69, 9.17) is 21.6 Å². The smallest absolute Gasteiger partial charge is 0.234 e. The van der Waals surface area contributed by atoms with Crippen LogP contribution in [0.4, 0.5) is 5.69 Å². The highest BCUT2D eigenvalue weighted by atomic mass is 35.5. The number of thioether (sulfide) groups is 1. The van der Waals surface area contributed by atoms with Crippen LogP contribution in [0, 0.1) is 6.92 Å². The van der Waals surface area contributed by atoms with Crippen molar-refractivity contribution in [2.24, 2.45) is 0 Å². The van der Waals surface area contributed by atoms with Gasteiger partial charge in [-0.3, -0.25) is 4.79 Å². The third kappa shape index (κ3) is 4.73. The monoisotopic (exact) mass is 447 g/mol. The second-order valence-electron chi connectivity index (χ2n) is 7.13. The van der Waals surface area contributed by atoms with Gasteiger partial charge < -0.3 is 5.32 Å². The van der Waals surface area contributed by atoms with Crippen molar-refractivity contribution < 1.29 is 4.79 Å². The molecule has 4 aromatic rings. The summed E-state index contributed by atoms with van der Waals surface area (Å²) in [5.74, 6) is 0.806. The zero-order chi connectivity index (χ0) is 21.8. The highest BCUT2D eigenvalue weighted by molar-refractivity contribution is 8.00. The Kier molecular flexibility index (Phi) is 6.54. The van der Waals surface area contributed by atoms with Gasteiger partial charge in [-0.1, -0.05) is 84.9 Å². The maximum Gasteiger partial charge on any atom is 0.234 e. The predicted molar refractivity (Wildman–Crippen MR) is 130 cm³/mol. The first-order valence-electron chi connectivity index (χ1n) is 10.1. The van der Waals surface area contributed by atoms with Gasteiger partial charge >= 0.3 is 0 Å². The molecule has 0 aliphatic rings. The van der Waals surface area contributed by atoms with Crippen LogP contribution in [0.15, 0.2) is 71.8 Å². The topological polar surface area (TPSA) is 54.9 Å². The van der Waals surface area contributed by atoms with Crippen LogP contribution in [-0.2, 0) is 11.2 Å². The summed E-state index contributed by atoms with van der Waals surface area (Å²) in [6.07, 6.45) is 0.876. The van der Waals surface area contributed by atoms with Gasteiger partial charge in [0.15, 0.2) is 5.82 Å². The van der Waals surface area contributed by atoms with Crippen LogP contribution in [0.1, 0.15) is 18.1 Å². The van der Waals surface area contributed by atoms with Gasteiger partial charge in [0.25, 0.3) is 0 Å². The third-order valence-electron chi connectivity index (χ3n) is 5.07. The predicted octanol–water partition coefficient (Wildman–Crippen LogP) is 6.55. The van der Waals surface area contributed by atoms with E-state index in [1.54, 1.807) is 0 Å². The Morgan fingerprint density at radius 3 is 2.55 bits per heavy atom. The zero-order valence-electron chi connectivity index (χ0n) is 17.4. The molecule has 6 heteroatoms. The molecule has 1 N–H and O–H groups in total. The van der Waals surface area contributed by atoms with Crippen LogP contribution in [0.5, 0.6) is 0 Å². The maximum atomic E-state index is 12.6. The summed E-state index contributed by atoms with van der Waals surface area (Å²) in [6, 6.07) is 21.5. The highest BCUT2D eigenvalue weighted by Gasteiger charge is 2.14. The molecule has 0 fully saturated rings. The largest absolute Gasteiger partial charge is 0.325 e. The normalized spacial score (nSPS) is 10.9. The fourth-order valence-electron chi connectivity index (χ4n) is 3.36. The molecular weight excluding hydrogens is 426 g/mol. The second-order valence-corrected chi connectivity index (χ2v) is 8.51. The Morgan fingerprint density at radius 1 is 1.00 bits per heavy atom. The van der Waals surface area contributed by atoms with Crippen molar-refractivity contribution in [1.29, 1.82) is 0 Å². The summed E-state index contributed by atoms with van der Waals surface area (Å²) >= 11 is 7.59. The molecular formula is C25H22ClN3OS. The molecule has 0 aliphatic carbocycles. The number of hydrogen-bond donors (Lipinski definition) is 1. The number of nitrogens with zero attached hydrogens (tertiary/aromatic N) is 2. The minimum atomic E-state index is -0.102. The molecule has 4 rings (SSSR count). The van der Waals surface area contributed by atoms with Crippen molar-refractivity contribution in [3.05, 3.63) is 82.9 Å². The highest BCUT2D eigenvalue weighted by Crippen LogP contribution is 2.31. The van der Waals surface area contributed by atoms with E-state index in [0.717, 1.165) is 44.7 Å². The molecule has 156 valence electrons. The molecule has 0 saturated carbocycles. The van der Waals surface area contributed by atoms with E-state index in [-0.39, 0.29) is 11.7 Å². The molecule has 1 heterocycles. The molecule has 0 radical (unpaired) electrons. The van der Waals surface area contributed by atoms with Gasteiger partial charge in [0.2, 0.25) is 5.91 Å². The molecule has 3 aromatic carbocycles. The quantitative estimate of drug-likeness (QED) is 0.269. The fraction of sp³-hybridized carbons (Fsp3) is 0.160. The van der Waals surface area contributed by atoms with Crippen LogP contribution >= 0.6 is 23.4 Å². The number of benzene rings is 3. The van der Waals surface area contributed by atoms with Crippen LogP contribution in [-0.4, -0.2) is 21.6 Å². The Balaban J connectivity index is 1.64. The number of anilines is 1. The molecule has 4 nitrogen and oxygen atoms in total. The van der Waals surface area contributed by atoms with Crippen molar-refractivity contribution in [2.75, 3.05) is 11.1 Å². The lowest BCUT2D eigenvalue weighted by molar-refractivity contribution is -0.113. The average Bonchev–Trinajstić information content (AvgIpc) is 2.80. The number of hydrogen-bond acceptors (Lipinski definition) is 4. The lowest BCUT2D eigenvalue weighted by Crippen LogP contribution is -2.15. The first kappa shape index (κ1) is 21.3. The maximum absolute atomic E-state index is 12.6. The van der Waals surface area contributed by atoms with E-state index in [2.05, 4.69) is 18.3 Å². The number of rotatable bonds is 6. The van der Waals surface area contributed by atoms with Crippen molar-refractivity contribution in [3.8, 4) is 11.4 Å². The van der Waals surface area contributed by atoms with E-state index in [9.17, 15) is 4.79 Å². The van der Waals surface area contributed by atoms with Gasteiger partial charge in [-0.25, -0.2) is 9.97 Å². The standard InChI is InChI=1S/C25H22ClN3OS/c1-3-17-11-7-12-19-23(17)28-24(18-9-5-4-6-10-18)29-25(19)31-15-22(30)27-21-14-8-13-20(26)16(21)2/h4-14H,3,15H2,1-2H3,(H,27,30). The van der Waals surface area contributed by atoms with E-state index >= 15 is 0 Å². The van der Waals surface area contributed by atoms with Crippen LogP contribution in [0.3, 0.4) is 0 Å². The summed E-state index contributed by atoms with van der Waals surface area (Å²) in [7, 11) is 0. The number of carbonyl (C=O) groups is 1. The number of halogens is 1. The number of para-hydroxylation sites is 1. The van der Waals surface area contributed by atoms with E-state index in [1.165, 1.54) is 11.8 Å². The molecule has 0 saturated heterocycles. The first-order valence-corrected chi connectivity index (χ1v) is 11.5. The van der Waals surface area contributed by atoms with Gasteiger partial charge in [0.1, 0.15) is 5.03 Å². The van der Waals surface area contributed by atoms with Gasteiger partial charge in [-0.2, -0.15) is 0 Å². The molecule has 0 aliphatic heterocycles. The number of aromatic nitrogens is 2. The average molecular weight is 448 g/mol. The van der Waals surface area contributed by atoms with Crippen LogP contribution < -0.4 is 5.32 Å². The summed E-state index contributed by atoms with van der Waals surface area (Å²) in [5, 5.41) is 5.35. The van der Waals surface area contributed by atoms with E-state index in [1.807, 2.05) is 67.6 Å². The van der Waals surface area contributed by atoms with Gasteiger partial charge in [-0.15, -0.1) is 0 Å².